The maximum Gasteiger partial charge on any atom is 0.305 e. The van der Waals surface area contributed by atoms with Crippen LogP contribution in [0.2, 0.25) is 0 Å². The van der Waals surface area contributed by atoms with E-state index in [1.807, 2.05) is 54.6 Å². The van der Waals surface area contributed by atoms with Crippen LogP contribution in [0.15, 0.2) is 54.6 Å². The lowest BCUT2D eigenvalue weighted by Crippen LogP contribution is -2.10. The third-order valence-electron chi connectivity index (χ3n) is 3.88. The molecule has 26 heavy (non-hydrogen) atoms. The topological polar surface area (TPSA) is 64.6 Å². The summed E-state index contributed by atoms with van der Waals surface area (Å²) in [7, 11) is 1.40. The lowest BCUT2D eigenvalue weighted by molar-refractivity contribution is -0.140. The smallest absolute Gasteiger partial charge is 0.305 e. The molecule has 2 aromatic rings. The van der Waals surface area contributed by atoms with E-state index in [9.17, 15) is 9.59 Å². The maximum atomic E-state index is 12.0. The first-order valence-electron chi connectivity index (χ1n) is 8.87. The summed E-state index contributed by atoms with van der Waals surface area (Å²) >= 11 is 0. The van der Waals surface area contributed by atoms with Crippen molar-refractivity contribution in [2.45, 2.75) is 38.5 Å². The Kier molecular flexibility index (Phi) is 8.19. The van der Waals surface area contributed by atoms with Gasteiger partial charge in [0.1, 0.15) is 11.5 Å². The summed E-state index contributed by atoms with van der Waals surface area (Å²) in [6.45, 7) is 0. The number of rotatable bonds is 10. The van der Waals surface area contributed by atoms with Crippen molar-refractivity contribution in [3.05, 3.63) is 54.6 Å². The summed E-state index contributed by atoms with van der Waals surface area (Å²) in [6, 6.07) is 16.9. The number of anilines is 1. The second kappa shape index (κ2) is 10.9. The molecule has 0 radical (unpaired) electrons. The standard InChI is InChI=1S/C21H25NO4/c1-25-21(24)12-8-3-2-7-11-20(23)22-17-13-15-19(16-14-17)26-18-9-5-4-6-10-18/h4-6,9-10,13-16H,2-3,7-8,11-12H2,1H3,(H,22,23). The largest absolute Gasteiger partial charge is 0.469 e. The zero-order valence-corrected chi connectivity index (χ0v) is 15.1. The summed E-state index contributed by atoms with van der Waals surface area (Å²) in [4.78, 5) is 22.9. The van der Waals surface area contributed by atoms with E-state index in [-0.39, 0.29) is 11.9 Å². The van der Waals surface area contributed by atoms with Crippen LogP contribution < -0.4 is 10.1 Å². The fraction of sp³-hybridized carbons (Fsp3) is 0.333. The number of carbonyl (C=O) groups is 2. The number of nitrogens with one attached hydrogen (secondary N) is 1. The number of para-hydroxylation sites is 1. The van der Waals surface area contributed by atoms with Gasteiger partial charge in [0.2, 0.25) is 5.91 Å². The second-order valence-corrected chi connectivity index (χ2v) is 5.98. The van der Waals surface area contributed by atoms with Gasteiger partial charge >= 0.3 is 5.97 Å². The van der Waals surface area contributed by atoms with Gasteiger partial charge in [-0.3, -0.25) is 9.59 Å². The molecule has 0 saturated carbocycles. The van der Waals surface area contributed by atoms with Crippen LogP contribution in [0.4, 0.5) is 5.69 Å². The highest BCUT2D eigenvalue weighted by Gasteiger charge is 2.04. The molecule has 0 aliphatic carbocycles. The number of hydrogen-bond donors (Lipinski definition) is 1. The molecule has 138 valence electrons. The fourth-order valence-electron chi connectivity index (χ4n) is 2.46. The SMILES string of the molecule is COC(=O)CCCCCCC(=O)Nc1ccc(Oc2ccccc2)cc1. The third kappa shape index (κ3) is 7.38. The number of carbonyl (C=O) groups excluding carboxylic acids is 2. The third-order valence-corrected chi connectivity index (χ3v) is 3.88. The minimum Gasteiger partial charge on any atom is -0.469 e. The van der Waals surface area contributed by atoms with Gasteiger partial charge in [0.05, 0.1) is 7.11 Å². The minimum atomic E-state index is -0.178. The van der Waals surface area contributed by atoms with Crippen LogP contribution in [-0.2, 0) is 14.3 Å². The Balaban J connectivity index is 1.65. The minimum absolute atomic E-state index is 0.00491. The van der Waals surface area contributed by atoms with Gasteiger partial charge in [-0.25, -0.2) is 0 Å². The second-order valence-electron chi connectivity index (χ2n) is 5.98. The number of esters is 1. The molecular formula is C21H25NO4. The Morgan fingerprint density at radius 3 is 2.08 bits per heavy atom. The van der Waals surface area contributed by atoms with Gasteiger partial charge in [0.15, 0.2) is 0 Å². The van der Waals surface area contributed by atoms with Crippen LogP contribution in [0.3, 0.4) is 0 Å². The average Bonchev–Trinajstić information content (AvgIpc) is 2.66. The summed E-state index contributed by atoms with van der Waals surface area (Å²) in [5.41, 5.74) is 0.751. The van der Waals surface area contributed by atoms with Crippen molar-refractivity contribution in [3.63, 3.8) is 0 Å². The van der Waals surface area contributed by atoms with Crippen molar-refractivity contribution in [3.8, 4) is 11.5 Å². The normalized spacial score (nSPS) is 10.2. The quantitative estimate of drug-likeness (QED) is 0.485. The molecule has 0 aromatic heterocycles. The van der Waals surface area contributed by atoms with Crippen LogP contribution in [0.1, 0.15) is 38.5 Å². The van der Waals surface area contributed by atoms with Crippen LogP contribution in [0.25, 0.3) is 0 Å². The highest BCUT2D eigenvalue weighted by atomic mass is 16.5. The Bertz CT molecular complexity index is 683. The first-order chi connectivity index (χ1) is 12.7. The zero-order valence-electron chi connectivity index (χ0n) is 15.1. The number of hydrogen-bond acceptors (Lipinski definition) is 4. The monoisotopic (exact) mass is 355 g/mol. The number of methoxy groups -OCH3 is 1. The molecule has 0 saturated heterocycles. The summed E-state index contributed by atoms with van der Waals surface area (Å²) in [6.07, 6.45) is 4.38. The van der Waals surface area contributed by atoms with E-state index in [0.717, 1.165) is 42.9 Å². The predicted octanol–water partition coefficient (Wildman–Crippen LogP) is 4.93. The van der Waals surface area contributed by atoms with Crippen molar-refractivity contribution in [1.29, 1.82) is 0 Å². The van der Waals surface area contributed by atoms with Gasteiger partial charge in [-0.05, 0) is 49.2 Å². The molecule has 1 N–H and O–H groups in total. The summed E-state index contributed by atoms with van der Waals surface area (Å²) in [5.74, 6) is 1.31. The molecule has 0 atom stereocenters. The number of benzene rings is 2. The van der Waals surface area contributed by atoms with E-state index in [4.69, 9.17) is 4.74 Å². The Labute approximate surface area is 154 Å². The number of amides is 1. The van der Waals surface area contributed by atoms with Gasteiger partial charge in [-0.1, -0.05) is 31.0 Å². The van der Waals surface area contributed by atoms with Gasteiger partial charge in [0, 0.05) is 18.5 Å². The van der Waals surface area contributed by atoms with Crippen molar-refractivity contribution < 1.29 is 19.1 Å². The average molecular weight is 355 g/mol. The molecule has 5 nitrogen and oxygen atoms in total. The number of ether oxygens (including phenoxy) is 2. The Hall–Kier alpha value is -2.82. The molecule has 5 heteroatoms. The first-order valence-corrected chi connectivity index (χ1v) is 8.87. The van der Waals surface area contributed by atoms with Crippen molar-refractivity contribution in [2.75, 3.05) is 12.4 Å². The molecule has 1 amide bonds. The fourth-order valence-corrected chi connectivity index (χ4v) is 2.46. The van der Waals surface area contributed by atoms with Gasteiger partial charge in [-0.15, -0.1) is 0 Å². The van der Waals surface area contributed by atoms with Gasteiger partial charge in [0.25, 0.3) is 0 Å². The van der Waals surface area contributed by atoms with Crippen LogP contribution >= 0.6 is 0 Å². The van der Waals surface area contributed by atoms with E-state index in [0.29, 0.717) is 12.8 Å². The van der Waals surface area contributed by atoms with Crippen LogP contribution in [-0.4, -0.2) is 19.0 Å². The highest BCUT2D eigenvalue weighted by molar-refractivity contribution is 5.90. The lowest BCUT2D eigenvalue weighted by atomic mass is 10.1. The molecule has 0 spiro atoms. The van der Waals surface area contributed by atoms with E-state index in [1.54, 1.807) is 0 Å². The van der Waals surface area contributed by atoms with E-state index < -0.39 is 0 Å². The maximum absolute atomic E-state index is 12.0. The van der Waals surface area contributed by atoms with Crippen LogP contribution in [0.5, 0.6) is 11.5 Å². The molecule has 0 bridgehead atoms. The van der Waals surface area contributed by atoms with Gasteiger partial charge < -0.3 is 14.8 Å². The highest BCUT2D eigenvalue weighted by Crippen LogP contribution is 2.22. The summed E-state index contributed by atoms with van der Waals surface area (Å²) < 4.78 is 10.3. The Morgan fingerprint density at radius 1 is 0.808 bits per heavy atom. The molecular weight excluding hydrogens is 330 g/mol. The molecule has 0 fully saturated rings. The number of unbranched alkanes of at least 4 members (excludes halogenated alkanes) is 3. The Morgan fingerprint density at radius 2 is 1.42 bits per heavy atom. The van der Waals surface area contributed by atoms with Crippen molar-refractivity contribution in [2.24, 2.45) is 0 Å². The van der Waals surface area contributed by atoms with Crippen LogP contribution in [0, 0.1) is 0 Å². The molecule has 0 unspecified atom stereocenters. The lowest BCUT2D eigenvalue weighted by Gasteiger charge is -2.08. The summed E-state index contributed by atoms with van der Waals surface area (Å²) in [5, 5.41) is 2.88. The van der Waals surface area contributed by atoms with E-state index in [2.05, 4.69) is 10.1 Å². The molecule has 2 aromatic carbocycles. The molecule has 2 rings (SSSR count). The van der Waals surface area contributed by atoms with Crippen molar-refractivity contribution >= 4 is 17.6 Å². The molecule has 0 heterocycles. The van der Waals surface area contributed by atoms with Gasteiger partial charge in [-0.2, -0.15) is 0 Å². The first kappa shape index (κ1) is 19.5. The molecule has 0 aliphatic rings. The van der Waals surface area contributed by atoms with E-state index >= 15 is 0 Å². The van der Waals surface area contributed by atoms with Crippen molar-refractivity contribution in [1.82, 2.24) is 0 Å². The molecule has 0 aliphatic heterocycles. The van der Waals surface area contributed by atoms with E-state index in [1.165, 1.54) is 7.11 Å². The predicted molar refractivity (Wildman–Crippen MR) is 101 cm³/mol. The zero-order chi connectivity index (χ0) is 18.6.